The number of aryl methyl sites for hydroxylation is 1. The maximum atomic E-state index is 5.41. The Kier molecular flexibility index (Phi) is 3.85. The van der Waals surface area contributed by atoms with E-state index in [4.69, 9.17) is 16.6 Å². The zero-order chi connectivity index (χ0) is 17.4. The predicted molar refractivity (Wildman–Crippen MR) is 100 cm³/mol. The molecular weight excluding hydrogens is 334 g/mol. The molecule has 3 heterocycles. The Labute approximate surface area is 149 Å². The van der Waals surface area contributed by atoms with Crippen molar-refractivity contribution in [2.24, 2.45) is 5.10 Å². The summed E-state index contributed by atoms with van der Waals surface area (Å²) in [5, 5.41) is 12.7. The van der Waals surface area contributed by atoms with Crippen LogP contribution >= 0.6 is 12.2 Å². The van der Waals surface area contributed by atoms with Crippen molar-refractivity contribution in [3.8, 4) is 11.6 Å². The Balaban J connectivity index is 1.85. The fraction of sp³-hybridized carbons (Fsp3) is 0.167. The minimum atomic E-state index is 0.416. The number of hydrogen-bond donors (Lipinski definition) is 1. The Morgan fingerprint density at radius 2 is 2.12 bits per heavy atom. The van der Waals surface area contributed by atoms with Crippen LogP contribution in [0.5, 0.6) is 0 Å². The van der Waals surface area contributed by atoms with Gasteiger partial charge in [0.05, 0.1) is 12.5 Å². The Hall–Kier alpha value is -2.93. The number of benzene rings is 1. The summed E-state index contributed by atoms with van der Waals surface area (Å²) < 4.78 is 9.68. The van der Waals surface area contributed by atoms with Gasteiger partial charge in [-0.25, -0.2) is 5.10 Å². The van der Waals surface area contributed by atoms with Gasteiger partial charge in [-0.15, -0.1) is 5.10 Å². The molecule has 0 aliphatic heterocycles. The highest BCUT2D eigenvalue weighted by molar-refractivity contribution is 7.71. The number of aromatic amines is 1. The van der Waals surface area contributed by atoms with E-state index < -0.39 is 0 Å². The maximum Gasteiger partial charge on any atom is 0.219 e. The highest BCUT2D eigenvalue weighted by atomic mass is 32.1. The highest BCUT2D eigenvalue weighted by Crippen LogP contribution is 2.25. The molecule has 126 valence electrons. The van der Waals surface area contributed by atoms with E-state index in [1.807, 2.05) is 18.3 Å². The number of furan rings is 1. The molecule has 6 nitrogen and oxygen atoms in total. The molecule has 7 heteroatoms. The standard InChI is InChI=1S/C18H17N5OS/c1-3-22-12(2)14(13-7-4-5-8-15(13)22)11-19-23-17(20-21-18(23)25)16-9-6-10-24-16/h4-11H,3H2,1-2H3,(H,21,25)/b19-11-. The molecule has 25 heavy (non-hydrogen) atoms. The number of fused-ring (bicyclic) bond motifs is 1. The predicted octanol–water partition coefficient (Wildman–Crippen LogP) is 4.37. The molecule has 0 radical (unpaired) electrons. The van der Waals surface area contributed by atoms with Crippen LogP contribution in [-0.2, 0) is 6.54 Å². The third-order valence-corrected chi connectivity index (χ3v) is 4.55. The summed E-state index contributed by atoms with van der Waals surface area (Å²) in [6, 6.07) is 12.0. The van der Waals surface area contributed by atoms with Gasteiger partial charge in [-0.05, 0) is 44.3 Å². The van der Waals surface area contributed by atoms with E-state index in [-0.39, 0.29) is 0 Å². The molecular formula is C18H17N5OS. The molecule has 0 unspecified atom stereocenters. The monoisotopic (exact) mass is 351 g/mol. The number of nitrogens with zero attached hydrogens (tertiary/aromatic N) is 4. The summed E-state index contributed by atoms with van der Waals surface area (Å²) in [6.07, 6.45) is 3.43. The fourth-order valence-electron chi connectivity index (χ4n) is 3.11. The number of nitrogens with one attached hydrogen (secondary N) is 1. The molecule has 1 aromatic carbocycles. The molecule has 4 rings (SSSR count). The van der Waals surface area contributed by atoms with Crippen molar-refractivity contribution in [3.05, 3.63) is 58.7 Å². The lowest BCUT2D eigenvalue weighted by Crippen LogP contribution is -1.98. The quantitative estimate of drug-likeness (QED) is 0.439. The first-order valence-electron chi connectivity index (χ1n) is 8.04. The zero-order valence-electron chi connectivity index (χ0n) is 13.9. The van der Waals surface area contributed by atoms with Crippen LogP contribution in [0.2, 0.25) is 0 Å². The molecule has 0 amide bonds. The maximum absolute atomic E-state index is 5.41. The minimum absolute atomic E-state index is 0.416. The van der Waals surface area contributed by atoms with Crippen LogP contribution in [-0.4, -0.2) is 25.7 Å². The normalized spacial score (nSPS) is 11.8. The second kappa shape index (κ2) is 6.18. The molecule has 4 aromatic rings. The lowest BCUT2D eigenvalue weighted by Gasteiger charge is -2.03. The van der Waals surface area contributed by atoms with Crippen molar-refractivity contribution < 1.29 is 4.42 Å². The summed E-state index contributed by atoms with van der Waals surface area (Å²) in [5.41, 5.74) is 3.44. The third-order valence-electron chi connectivity index (χ3n) is 4.29. The van der Waals surface area contributed by atoms with Gasteiger partial charge in [-0.2, -0.15) is 9.78 Å². The van der Waals surface area contributed by atoms with E-state index in [0.29, 0.717) is 16.4 Å². The summed E-state index contributed by atoms with van der Waals surface area (Å²) in [6.45, 7) is 5.15. The lowest BCUT2D eigenvalue weighted by molar-refractivity contribution is 0.573. The Morgan fingerprint density at radius 1 is 1.28 bits per heavy atom. The molecule has 0 saturated carbocycles. The van der Waals surface area contributed by atoms with Gasteiger partial charge in [0.15, 0.2) is 5.76 Å². The topological polar surface area (TPSA) is 64.0 Å². The number of para-hydroxylation sites is 1. The van der Waals surface area contributed by atoms with E-state index in [1.165, 1.54) is 16.6 Å². The molecule has 0 saturated heterocycles. The van der Waals surface area contributed by atoms with Crippen LogP contribution in [0, 0.1) is 11.7 Å². The first-order valence-corrected chi connectivity index (χ1v) is 8.45. The average Bonchev–Trinajstić information content (AvgIpc) is 3.32. The van der Waals surface area contributed by atoms with E-state index in [0.717, 1.165) is 12.1 Å². The van der Waals surface area contributed by atoms with E-state index in [1.54, 1.807) is 17.0 Å². The van der Waals surface area contributed by atoms with Gasteiger partial charge >= 0.3 is 0 Å². The van der Waals surface area contributed by atoms with Gasteiger partial charge in [0.1, 0.15) is 0 Å². The van der Waals surface area contributed by atoms with E-state index in [9.17, 15) is 0 Å². The van der Waals surface area contributed by atoms with Gasteiger partial charge < -0.3 is 8.98 Å². The lowest BCUT2D eigenvalue weighted by atomic mass is 10.1. The zero-order valence-corrected chi connectivity index (χ0v) is 14.7. The molecule has 3 aromatic heterocycles. The number of aromatic nitrogens is 4. The van der Waals surface area contributed by atoms with Crippen molar-refractivity contribution in [2.75, 3.05) is 0 Å². The van der Waals surface area contributed by atoms with Crippen molar-refractivity contribution in [1.29, 1.82) is 0 Å². The van der Waals surface area contributed by atoms with Crippen molar-refractivity contribution in [3.63, 3.8) is 0 Å². The fourth-order valence-corrected chi connectivity index (χ4v) is 3.29. The summed E-state index contributed by atoms with van der Waals surface area (Å²) >= 11 is 5.30. The van der Waals surface area contributed by atoms with Crippen LogP contribution in [0.1, 0.15) is 18.2 Å². The summed E-state index contributed by atoms with van der Waals surface area (Å²) in [5.74, 6) is 1.15. The van der Waals surface area contributed by atoms with Gasteiger partial charge in [0.25, 0.3) is 0 Å². The van der Waals surface area contributed by atoms with Crippen LogP contribution in [0.4, 0.5) is 0 Å². The largest absolute Gasteiger partial charge is 0.461 e. The van der Waals surface area contributed by atoms with E-state index >= 15 is 0 Å². The van der Waals surface area contributed by atoms with Crippen molar-refractivity contribution in [2.45, 2.75) is 20.4 Å². The van der Waals surface area contributed by atoms with Crippen molar-refractivity contribution in [1.82, 2.24) is 19.4 Å². The van der Waals surface area contributed by atoms with E-state index in [2.05, 4.69) is 51.9 Å². The summed E-state index contributed by atoms with van der Waals surface area (Å²) in [7, 11) is 0. The molecule has 0 spiro atoms. The minimum Gasteiger partial charge on any atom is -0.461 e. The summed E-state index contributed by atoms with van der Waals surface area (Å²) in [4.78, 5) is 0. The highest BCUT2D eigenvalue weighted by Gasteiger charge is 2.13. The average molecular weight is 351 g/mol. The second-order valence-corrected chi connectivity index (χ2v) is 6.03. The molecule has 1 N–H and O–H groups in total. The molecule has 0 atom stereocenters. The Morgan fingerprint density at radius 3 is 2.88 bits per heavy atom. The smallest absolute Gasteiger partial charge is 0.219 e. The molecule has 0 fully saturated rings. The molecule has 0 aliphatic rings. The van der Waals surface area contributed by atoms with Gasteiger partial charge in [0, 0.05) is 28.7 Å². The number of H-pyrrole nitrogens is 1. The van der Waals surface area contributed by atoms with Gasteiger partial charge in [0.2, 0.25) is 10.6 Å². The SMILES string of the molecule is CCn1c(C)c(/C=N\n2c(-c3ccco3)n[nH]c2=S)c2ccccc21. The molecule has 0 bridgehead atoms. The molecule has 0 aliphatic carbocycles. The first-order chi connectivity index (χ1) is 12.2. The van der Waals surface area contributed by atoms with Gasteiger partial charge in [-0.1, -0.05) is 18.2 Å². The second-order valence-electron chi connectivity index (χ2n) is 5.65. The number of hydrogen-bond acceptors (Lipinski definition) is 4. The first kappa shape index (κ1) is 15.6. The van der Waals surface area contributed by atoms with Gasteiger partial charge in [-0.3, -0.25) is 0 Å². The number of rotatable bonds is 4. The van der Waals surface area contributed by atoms with Crippen LogP contribution < -0.4 is 0 Å². The Bertz CT molecular complexity index is 1110. The van der Waals surface area contributed by atoms with Crippen LogP contribution in [0.25, 0.3) is 22.5 Å². The van der Waals surface area contributed by atoms with Crippen molar-refractivity contribution >= 4 is 29.3 Å². The van der Waals surface area contributed by atoms with Crippen LogP contribution in [0.3, 0.4) is 0 Å². The van der Waals surface area contributed by atoms with Crippen LogP contribution in [0.15, 0.2) is 52.2 Å². The third kappa shape index (κ3) is 2.53.